The van der Waals surface area contributed by atoms with E-state index < -0.39 is 5.60 Å². The second kappa shape index (κ2) is 17.1. The molecule has 0 aliphatic heterocycles. The van der Waals surface area contributed by atoms with Gasteiger partial charge in [-0.3, -0.25) is 4.79 Å². The van der Waals surface area contributed by atoms with E-state index in [9.17, 15) is 9.59 Å². The first kappa shape index (κ1) is 30.5. The fourth-order valence-electron chi connectivity index (χ4n) is 2.38. The van der Waals surface area contributed by atoms with Gasteiger partial charge in [-0.2, -0.15) is 0 Å². The maximum absolute atomic E-state index is 12.0. The minimum atomic E-state index is -0.498. The highest BCUT2D eigenvalue weighted by Gasteiger charge is 2.20. The van der Waals surface area contributed by atoms with Gasteiger partial charge in [-0.05, 0) is 53.7 Å². The molecule has 0 radical (unpaired) electrons. The molecule has 0 fully saturated rings. The van der Waals surface area contributed by atoms with Crippen molar-refractivity contribution in [2.75, 3.05) is 59.5 Å². The number of carbonyl (C=O) groups is 2. The molecule has 0 atom stereocenters. The summed E-state index contributed by atoms with van der Waals surface area (Å²) in [4.78, 5) is 25.2. The van der Waals surface area contributed by atoms with E-state index >= 15 is 0 Å². The molecule has 1 amide bonds. The highest BCUT2D eigenvalue weighted by molar-refractivity contribution is 8.76. The molecule has 9 heteroatoms. The number of likely N-dealkylation sites (N-methyl/N-ethyl adjacent to an activating group) is 1. The van der Waals surface area contributed by atoms with Crippen molar-refractivity contribution in [3.8, 4) is 0 Å². The lowest BCUT2D eigenvalue weighted by atomic mass is 10.0. The van der Waals surface area contributed by atoms with Crippen LogP contribution in [0.5, 0.6) is 0 Å². The molecule has 0 aliphatic carbocycles. The zero-order chi connectivity index (χ0) is 23.8. The van der Waals surface area contributed by atoms with E-state index in [1.165, 1.54) is 4.90 Å². The van der Waals surface area contributed by atoms with Crippen molar-refractivity contribution in [1.29, 1.82) is 0 Å². The predicted molar refractivity (Wildman–Crippen MR) is 130 cm³/mol. The van der Waals surface area contributed by atoms with Crippen LogP contribution in [0.15, 0.2) is 0 Å². The third-order valence-corrected chi connectivity index (χ3v) is 6.75. The van der Waals surface area contributed by atoms with Gasteiger partial charge >= 0.3 is 6.09 Å². The van der Waals surface area contributed by atoms with Crippen LogP contribution in [0, 0.1) is 0 Å². The number of amides is 1. The number of Topliss-reactive ketones (excluding diaryl/α,β-unsaturated/α-hetero) is 1. The smallest absolute Gasteiger partial charge is 0.410 e. The van der Waals surface area contributed by atoms with E-state index in [2.05, 4.69) is 20.1 Å². The highest BCUT2D eigenvalue weighted by atomic mass is 33.1. The number of carbonyl (C=O) groups excluding carboxylic acids is 2. The Bertz CT molecular complexity index is 497. The fourth-order valence-corrected chi connectivity index (χ4v) is 4.62. The first-order valence-corrected chi connectivity index (χ1v) is 13.4. The average Bonchev–Trinajstić information content (AvgIpc) is 2.65. The van der Waals surface area contributed by atoms with Gasteiger partial charge in [0.15, 0.2) is 0 Å². The number of ether oxygens (including phenoxy) is 4. The van der Waals surface area contributed by atoms with Crippen molar-refractivity contribution in [3.05, 3.63) is 0 Å². The van der Waals surface area contributed by atoms with E-state index in [0.717, 1.165) is 12.8 Å². The van der Waals surface area contributed by atoms with E-state index in [1.807, 2.05) is 31.6 Å². The summed E-state index contributed by atoms with van der Waals surface area (Å²) in [6.45, 7) is 13.3. The van der Waals surface area contributed by atoms with Crippen molar-refractivity contribution in [3.63, 3.8) is 0 Å². The summed E-state index contributed by atoms with van der Waals surface area (Å²) in [5.41, 5.74) is -0.498. The van der Waals surface area contributed by atoms with E-state index in [-0.39, 0.29) is 10.8 Å². The molecule has 0 spiro atoms. The largest absolute Gasteiger partial charge is 0.444 e. The zero-order valence-corrected chi connectivity index (χ0v) is 22.1. The van der Waals surface area contributed by atoms with Gasteiger partial charge in [0.25, 0.3) is 0 Å². The summed E-state index contributed by atoms with van der Waals surface area (Å²) in [5, 5.41) is 0. The minimum absolute atomic E-state index is 0.140. The Kier molecular flexibility index (Phi) is 16.8. The van der Waals surface area contributed by atoms with Crippen LogP contribution in [0.25, 0.3) is 0 Å². The van der Waals surface area contributed by atoms with Gasteiger partial charge < -0.3 is 23.8 Å². The Morgan fingerprint density at radius 3 is 1.94 bits per heavy atom. The zero-order valence-electron chi connectivity index (χ0n) is 20.5. The van der Waals surface area contributed by atoms with Crippen LogP contribution in [-0.4, -0.2) is 86.6 Å². The van der Waals surface area contributed by atoms with E-state index in [1.54, 1.807) is 17.8 Å². The van der Waals surface area contributed by atoms with Crippen LogP contribution in [-0.2, 0) is 23.7 Å². The molecule has 0 aromatic rings. The Morgan fingerprint density at radius 1 is 0.839 bits per heavy atom. The Balaban J connectivity index is 3.47. The molecule has 31 heavy (non-hydrogen) atoms. The van der Waals surface area contributed by atoms with Crippen LogP contribution in [0.2, 0.25) is 0 Å². The van der Waals surface area contributed by atoms with Gasteiger partial charge in [0.1, 0.15) is 11.4 Å². The van der Waals surface area contributed by atoms with Gasteiger partial charge in [-0.1, -0.05) is 21.6 Å². The van der Waals surface area contributed by atoms with Gasteiger partial charge in [0.05, 0.1) is 33.0 Å². The summed E-state index contributed by atoms with van der Waals surface area (Å²) in [6.07, 6.45) is 4.58. The molecular formula is C22H43NO6S2. The molecule has 0 unspecified atom stereocenters. The van der Waals surface area contributed by atoms with Gasteiger partial charge in [0.2, 0.25) is 0 Å². The molecule has 0 N–H and O–H groups in total. The monoisotopic (exact) mass is 481 g/mol. The molecular weight excluding hydrogens is 438 g/mol. The topological polar surface area (TPSA) is 74.3 Å². The van der Waals surface area contributed by atoms with Crippen LogP contribution in [0.4, 0.5) is 4.79 Å². The third-order valence-electron chi connectivity index (χ3n) is 4.08. The molecule has 0 aromatic carbocycles. The SMILES string of the molecule is CSSC(C)(C)CCC(=O)CCCOCCOCCOCCN(C)C(=O)OC(C)(C)C. The molecule has 184 valence electrons. The van der Waals surface area contributed by atoms with Crippen molar-refractivity contribution < 1.29 is 28.5 Å². The summed E-state index contributed by atoms with van der Waals surface area (Å²) >= 11 is 0. The number of hydrogen-bond acceptors (Lipinski definition) is 8. The Morgan fingerprint density at radius 2 is 1.39 bits per heavy atom. The van der Waals surface area contributed by atoms with Gasteiger partial charge in [-0.15, -0.1) is 0 Å². The minimum Gasteiger partial charge on any atom is -0.444 e. The fraction of sp³-hybridized carbons (Fsp3) is 0.909. The summed E-state index contributed by atoms with van der Waals surface area (Å²) in [6, 6.07) is 0. The second-order valence-corrected chi connectivity index (χ2v) is 12.0. The quantitative estimate of drug-likeness (QED) is 0.204. The maximum Gasteiger partial charge on any atom is 0.410 e. The van der Waals surface area contributed by atoms with Crippen molar-refractivity contribution in [2.45, 2.75) is 70.7 Å². The molecule has 0 aliphatic rings. The standard InChI is InChI=1S/C22H43NO6S2/c1-21(2,3)29-20(25)23(6)12-14-27-16-18-28-17-15-26-13-8-9-19(24)10-11-22(4,5)31-30-7/h8-18H2,1-7H3. The maximum atomic E-state index is 12.0. The Labute approximate surface area is 197 Å². The Hall–Kier alpha value is -0.480. The summed E-state index contributed by atoms with van der Waals surface area (Å²) < 4.78 is 21.8. The molecule has 0 aromatic heterocycles. The lowest BCUT2D eigenvalue weighted by molar-refractivity contribution is -0.119. The summed E-state index contributed by atoms with van der Waals surface area (Å²) in [7, 11) is 5.25. The molecule has 0 bridgehead atoms. The van der Waals surface area contributed by atoms with Crippen LogP contribution < -0.4 is 0 Å². The number of hydrogen-bond donors (Lipinski definition) is 0. The lowest BCUT2D eigenvalue weighted by Crippen LogP contribution is -2.36. The number of ketones is 1. The van der Waals surface area contributed by atoms with Crippen LogP contribution >= 0.6 is 21.6 Å². The molecule has 0 heterocycles. The number of rotatable bonds is 18. The average molecular weight is 482 g/mol. The van der Waals surface area contributed by atoms with Crippen molar-refractivity contribution >= 4 is 33.5 Å². The first-order chi connectivity index (χ1) is 14.5. The van der Waals surface area contributed by atoms with Crippen LogP contribution in [0.3, 0.4) is 0 Å². The van der Waals surface area contributed by atoms with E-state index in [4.69, 9.17) is 18.9 Å². The first-order valence-electron chi connectivity index (χ1n) is 10.9. The summed E-state index contributed by atoms with van der Waals surface area (Å²) in [5.74, 6) is 0.309. The van der Waals surface area contributed by atoms with Crippen molar-refractivity contribution in [2.24, 2.45) is 0 Å². The third kappa shape index (κ3) is 19.9. The molecule has 0 rings (SSSR count). The lowest BCUT2D eigenvalue weighted by Gasteiger charge is -2.24. The van der Waals surface area contributed by atoms with E-state index in [0.29, 0.717) is 64.8 Å². The highest BCUT2D eigenvalue weighted by Crippen LogP contribution is 2.37. The van der Waals surface area contributed by atoms with Gasteiger partial charge in [-0.25, -0.2) is 4.79 Å². The normalized spacial score (nSPS) is 12.1. The predicted octanol–water partition coefficient (Wildman–Crippen LogP) is 4.82. The molecule has 7 nitrogen and oxygen atoms in total. The number of nitrogens with zero attached hydrogens (tertiary/aromatic N) is 1. The molecule has 0 saturated heterocycles. The second-order valence-electron chi connectivity index (χ2n) is 8.89. The molecule has 0 saturated carbocycles. The van der Waals surface area contributed by atoms with Crippen molar-refractivity contribution in [1.82, 2.24) is 4.90 Å². The van der Waals surface area contributed by atoms with Crippen LogP contribution in [0.1, 0.15) is 60.3 Å². The van der Waals surface area contributed by atoms with Gasteiger partial charge in [0, 0.05) is 37.8 Å².